The molecule has 0 aliphatic carbocycles. The molecule has 4 aromatic rings. The van der Waals surface area contributed by atoms with Crippen LogP contribution in [0.1, 0.15) is 18.1 Å². The average molecular weight is 473 g/mol. The van der Waals surface area contributed by atoms with Gasteiger partial charge in [0.05, 0.1) is 0 Å². The van der Waals surface area contributed by atoms with E-state index in [0.29, 0.717) is 16.3 Å². The summed E-state index contributed by atoms with van der Waals surface area (Å²) < 4.78 is 48.1. The fraction of sp³-hybridized carbons (Fsp3) is 0.125. The van der Waals surface area contributed by atoms with Crippen LogP contribution in [-0.4, -0.2) is 5.97 Å². The number of hydrogen-bond donors (Lipinski definition) is 0. The molecule has 0 fully saturated rings. The van der Waals surface area contributed by atoms with Crippen molar-refractivity contribution in [1.29, 1.82) is 0 Å². The molecule has 0 aliphatic heterocycles. The zero-order chi connectivity index (χ0) is 21.5. The van der Waals surface area contributed by atoms with Gasteiger partial charge in [0.2, 0.25) is 0 Å². The molecule has 0 unspecified atom stereocenters. The first-order valence-corrected chi connectivity index (χ1v) is 10.3. The molecular weight excluding hydrogens is 457 g/mol. The van der Waals surface area contributed by atoms with E-state index in [1.165, 1.54) is 0 Å². The lowest BCUT2D eigenvalue weighted by molar-refractivity contribution is -0.141. The number of alkyl halides is 4. The lowest BCUT2D eigenvalue weighted by atomic mass is 9.88. The summed E-state index contributed by atoms with van der Waals surface area (Å²) in [6.45, 7) is 1.11. The summed E-state index contributed by atoms with van der Waals surface area (Å²) in [5, 5.41) is 2.67. The van der Waals surface area contributed by atoms with Gasteiger partial charge in [-0.1, -0.05) is 82.7 Å². The standard InChI is InChI=1S/C24H16BrF3O2/c1-14(29)30-23-21(18-12-6-8-15-7-2-3-9-16(15)18)19-11-5-4-10-17(19)20(13-25)22(23)24(26,27)28/h2-12H,13H2,1H3. The predicted molar refractivity (Wildman–Crippen MR) is 116 cm³/mol. The van der Waals surface area contributed by atoms with Crippen molar-refractivity contribution in [3.63, 3.8) is 0 Å². The highest BCUT2D eigenvalue weighted by Crippen LogP contribution is 2.50. The molecule has 0 bridgehead atoms. The molecule has 152 valence electrons. The fourth-order valence-corrected chi connectivity index (χ4v) is 4.46. The van der Waals surface area contributed by atoms with Crippen LogP contribution < -0.4 is 4.74 Å². The second kappa shape index (κ2) is 7.76. The summed E-state index contributed by atoms with van der Waals surface area (Å²) in [6.07, 6.45) is -4.71. The minimum absolute atomic E-state index is 0.0353. The highest BCUT2D eigenvalue weighted by atomic mass is 79.9. The lowest BCUT2D eigenvalue weighted by Crippen LogP contribution is -2.15. The molecule has 0 saturated heterocycles. The lowest BCUT2D eigenvalue weighted by Gasteiger charge is -2.23. The molecular formula is C24H16BrF3O2. The van der Waals surface area contributed by atoms with Crippen molar-refractivity contribution in [3.8, 4) is 16.9 Å². The summed E-state index contributed by atoms with van der Waals surface area (Å²) in [7, 11) is 0. The van der Waals surface area contributed by atoms with Gasteiger partial charge in [-0.3, -0.25) is 4.79 Å². The van der Waals surface area contributed by atoms with Gasteiger partial charge in [-0.25, -0.2) is 0 Å². The first-order chi connectivity index (χ1) is 14.3. The van der Waals surface area contributed by atoms with E-state index in [4.69, 9.17) is 4.74 Å². The molecule has 30 heavy (non-hydrogen) atoms. The number of hydrogen-bond acceptors (Lipinski definition) is 2. The van der Waals surface area contributed by atoms with E-state index in [1.807, 2.05) is 30.3 Å². The van der Waals surface area contributed by atoms with Crippen molar-refractivity contribution in [2.45, 2.75) is 18.4 Å². The summed E-state index contributed by atoms with van der Waals surface area (Å²) >= 11 is 3.20. The highest BCUT2D eigenvalue weighted by Gasteiger charge is 2.40. The van der Waals surface area contributed by atoms with Gasteiger partial charge in [0.15, 0.2) is 5.75 Å². The van der Waals surface area contributed by atoms with Crippen molar-refractivity contribution in [2.24, 2.45) is 0 Å². The summed E-state index contributed by atoms with van der Waals surface area (Å²) in [4.78, 5) is 11.9. The van der Waals surface area contributed by atoms with Crippen molar-refractivity contribution < 1.29 is 22.7 Å². The summed E-state index contributed by atoms with van der Waals surface area (Å²) in [6, 6.07) is 19.8. The zero-order valence-electron chi connectivity index (χ0n) is 15.9. The average Bonchev–Trinajstić information content (AvgIpc) is 2.71. The molecule has 0 heterocycles. The van der Waals surface area contributed by atoms with Crippen LogP contribution >= 0.6 is 15.9 Å². The van der Waals surface area contributed by atoms with Crippen LogP contribution in [0, 0.1) is 0 Å². The Morgan fingerprint density at radius 3 is 2.13 bits per heavy atom. The van der Waals surface area contributed by atoms with E-state index in [2.05, 4.69) is 15.9 Å². The number of carbonyl (C=O) groups excluding carboxylic acids is 1. The second-order valence-corrected chi connectivity index (χ2v) is 7.42. The summed E-state index contributed by atoms with van der Waals surface area (Å²) in [5.74, 6) is -1.27. The third-order valence-electron chi connectivity index (χ3n) is 5.00. The number of fused-ring (bicyclic) bond motifs is 2. The quantitative estimate of drug-likeness (QED) is 0.175. The maximum absolute atomic E-state index is 14.3. The van der Waals surface area contributed by atoms with Gasteiger partial charge in [0.1, 0.15) is 5.56 Å². The Hall–Kier alpha value is -2.86. The third-order valence-corrected chi connectivity index (χ3v) is 5.56. The molecule has 6 heteroatoms. The van der Waals surface area contributed by atoms with Gasteiger partial charge < -0.3 is 4.74 Å². The van der Waals surface area contributed by atoms with Crippen LogP contribution in [0.5, 0.6) is 5.75 Å². The Bertz CT molecular complexity index is 1270. The number of rotatable bonds is 3. The molecule has 4 aromatic carbocycles. The molecule has 0 saturated carbocycles. The van der Waals surface area contributed by atoms with Gasteiger partial charge in [-0.15, -0.1) is 0 Å². The minimum Gasteiger partial charge on any atom is -0.425 e. The van der Waals surface area contributed by atoms with Gasteiger partial charge in [0.25, 0.3) is 0 Å². The van der Waals surface area contributed by atoms with E-state index < -0.39 is 23.5 Å². The highest BCUT2D eigenvalue weighted by molar-refractivity contribution is 9.08. The Labute approximate surface area is 179 Å². The topological polar surface area (TPSA) is 26.3 Å². The van der Waals surface area contributed by atoms with E-state index in [1.54, 1.807) is 36.4 Å². The Balaban J connectivity index is 2.27. The number of esters is 1. The third kappa shape index (κ3) is 3.45. The van der Waals surface area contributed by atoms with Gasteiger partial charge in [-0.2, -0.15) is 13.2 Å². The summed E-state index contributed by atoms with van der Waals surface area (Å²) in [5.41, 5.74) is -0.0589. The molecule has 0 radical (unpaired) electrons. The molecule has 0 atom stereocenters. The van der Waals surface area contributed by atoms with Gasteiger partial charge in [0, 0.05) is 17.8 Å². The molecule has 2 nitrogen and oxygen atoms in total. The smallest absolute Gasteiger partial charge is 0.420 e. The van der Waals surface area contributed by atoms with E-state index in [9.17, 15) is 18.0 Å². The number of ether oxygens (including phenoxy) is 1. The van der Waals surface area contributed by atoms with Crippen LogP contribution in [0.15, 0.2) is 66.7 Å². The van der Waals surface area contributed by atoms with Gasteiger partial charge >= 0.3 is 12.1 Å². The zero-order valence-corrected chi connectivity index (χ0v) is 17.5. The molecule has 0 aromatic heterocycles. The SMILES string of the molecule is CC(=O)Oc1c(C(F)(F)F)c(CBr)c2ccccc2c1-c1cccc2ccccc12. The molecule has 4 rings (SSSR count). The van der Waals surface area contributed by atoms with Crippen LogP contribution in [0.4, 0.5) is 13.2 Å². The Morgan fingerprint density at radius 2 is 1.50 bits per heavy atom. The first-order valence-electron chi connectivity index (χ1n) is 9.20. The van der Waals surface area contributed by atoms with Crippen LogP contribution in [0.3, 0.4) is 0 Å². The van der Waals surface area contributed by atoms with E-state index in [-0.39, 0.29) is 16.5 Å². The molecule has 0 N–H and O–H groups in total. The predicted octanol–water partition coefficient (Wildman–Crippen LogP) is 7.50. The van der Waals surface area contributed by atoms with Crippen LogP contribution in [0.2, 0.25) is 0 Å². The van der Waals surface area contributed by atoms with Crippen molar-refractivity contribution in [1.82, 2.24) is 0 Å². The molecule has 0 aliphatic rings. The van der Waals surface area contributed by atoms with E-state index >= 15 is 0 Å². The molecule has 0 amide bonds. The Morgan fingerprint density at radius 1 is 0.900 bits per heavy atom. The number of benzene rings is 4. The Kier molecular flexibility index (Phi) is 5.28. The van der Waals surface area contributed by atoms with Crippen LogP contribution in [-0.2, 0) is 16.3 Å². The first kappa shape index (κ1) is 20.4. The van der Waals surface area contributed by atoms with Crippen molar-refractivity contribution in [3.05, 3.63) is 77.9 Å². The van der Waals surface area contributed by atoms with Crippen molar-refractivity contribution in [2.75, 3.05) is 0 Å². The van der Waals surface area contributed by atoms with Crippen LogP contribution in [0.25, 0.3) is 32.7 Å². The van der Waals surface area contributed by atoms with Gasteiger partial charge in [-0.05, 0) is 32.7 Å². The monoisotopic (exact) mass is 472 g/mol. The number of carbonyl (C=O) groups is 1. The van der Waals surface area contributed by atoms with Crippen molar-refractivity contribution >= 4 is 43.4 Å². The second-order valence-electron chi connectivity index (χ2n) is 6.86. The number of halogens is 4. The largest absolute Gasteiger partial charge is 0.425 e. The van der Waals surface area contributed by atoms with E-state index in [0.717, 1.165) is 17.7 Å². The maximum atomic E-state index is 14.3. The normalized spacial score (nSPS) is 11.8. The maximum Gasteiger partial charge on any atom is 0.420 e. The minimum atomic E-state index is -4.71. The molecule has 0 spiro atoms. The fourth-order valence-electron chi connectivity index (χ4n) is 3.88.